The highest BCUT2D eigenvalue weighted by molar-refractivity contribution is 5.50. The summed E-state index contributed by atoms with van der Waals surface area (Å²) in [7, 11) is 0. The minimum Gasteiger partial charge on any atom is -0.378 e. The molecule has 0 spiro atoms. The van der Waals surface area contributed by atoms with E-state index >= 15 is 0 Å². The summed E-state index contributed by atoms with van der Waals surface area (Å²) in [4.78, 5) is 0. The van der Waals surface area contributed by atoms with Gasteiger partial charge in [-0.2, -0.15) is 5.26 Å². The first-order valence-electron chi connectivity index (χ1n) is 6.81. The molecule has 2 aromatic carbocycles. The van der Waals surface area contributed by atoms with Gasteiger partial charge in [0.25, 0.3) is 0 Å². The van der Waals surface area contributed by atoms with E-state index in [1.807, 2.05) is 18.2 Å². The van der Waals surface area contributed by atoms with Gasteiger partial charge in [-0.1, -0.05) is 6.07 Å². The standard InChI is InChI=1S/C17H15FN2/c18-14-7-6-13-2-1-3-17(16(13)10-14)20-15-8-4-12(11-19)5-9-15/h4-10,17,20H,1-3H2. The van der Waals surface area contributed by atoms with Crippen LogP contribution in [0.2, 0.25) is 0 Å². The minimum atomic E-state index is -0.183. The van der Waals surface area contributed by atoms with Crippen LogP contribution in [0.25, 0.3) is 0 Å². The molecular formula is C17H15FN2. The summed E-state index contributed by atoms with van der Waals surface area (Å²) < 4.78 is 13.4. The predicted molar refractivity (Wildman–Crippen MR) is 76.9 cm³/mol. The van der Waals surface area contributed by atoms with Crippen LogP contribution >= 0.6 is 0 Å². The Morgan fingerprint density at radius 2 is 1.95 bits per heavy atom. The number of hydrogen-bond donors (Lipinski definition) is 1. The lowest BCUT2D eigenvalue weighted by Gasteiger charge is -2.27. The number of anilines is 1. The number of hydrogen-bond acceptors (Lipinski definition) is 2. The molecule has 0 bridgehead atoms. The number of halogens is 1. The van der Waals surface area contributed by atoms with Crippen molar-refractivity contribution >= 4 is 5.69 Å². The summed E-state index contributed by atoms with van der Waals surface area (Å²) in [5.74, 6) is -0.183. The van der Waals surface area contributed by atoms with E-state index < -0.39 is 0 Å². The molecule has 3 heteroatoms. The van der Waals surface area contributed by atoms with Crippen LogP contribution in [0.1, 0.15) is 35.6 Å². The van der Waals surface area contributed by atoms with E-state index in [4.69, 9.17) is 5.26 Å². The number of nitriles is 1. The second kappa shape index (κ2) is 5.34. The first-order valence-corrected chi connectivity index (χ1v) is 6.81. The lowest BCUT2D eigenvalue weighted by molar-refractivity contribution is 0.580. The van der Waals surface area contributed by atoms with Crippen molar-refractivity contribution < 1.29 is 4.39 Å². The fraction of sp³-hybridized carbons (Fsp3) is 0.235. The second-order valence-corrected chi connectivity index (χ2v) is 5.12. The van der Waals surface area contributed by atoms with Crippen molar-refractivity contribution in [2.75, 3.05) is 5.32 Å². The van der Waals surface area contributed by atoms with Gasteiger partial charge >= 0.3 is 0 Å². The molecule has 0 aromatic heterocycles. The molecule has 1 unspecified atom stereocenters. The molecule has 0 amide bonds. The van der Waals surface area contributed by atoms with Crippen LogP contribution in [0.4, 0.5) is 10.1 Å². The molecule has 2 nitrogen and oxygen atoms in total. The van der Waals surface area contributed by atoms with Crippen molar-refractivity contribution in [1.29, 1.82) is 5.26 Å². The van der Waals surface area contributed by atoms with Crippen molar-refractivity contribution in [1.82, 2.24) is 0 Å². The average Bonchev–Trinajstić information content (AvgIpc) is 2.49. The topological polar surface area (TPSA) is 35.8 Å². The van der Waals surface area contributed by atoms with Crippen LogP contribution in [0.15, 0.2) is 42.5 Å². The van der Waals surface area contributed by atoms with Crippen molar-refractivity contribution in [2.45, 2.75) is 25.3 Å². The van der Waals surface area contributed by atoms with Crippen molar-refractivity contribution in [3.8, 4) is 6.07 Å². The van der Waals surface area contributed by atoms with Gasteiger partial charge in [-0.05, 0) is 66.8 Å². The number of benzene rings is 2. The van der Waals surface area contributed by atoms with Gasteiger partial charge in [-0.3, -0.25) is 0 Å². The van der Waals surface area contributed by atoms with Gasteiger partial charge in [0, 0.05) is 5.69 Å². The van der Waals surface area contributed by atoms with Crippen molar-refractivity contribution in [3.63, 3.8) is 0 Å². The molecule has 0 fully saturated rings. The van der Waals surface area contributed by atoms with E-state index in [1.54, 1.807) is 18.2 Å². The van der Waals surface area contributed by atoms with E-state index in [0.717, 1.165) is 30.5 Å². The molecule has 1 aliphatic carbocycles. The van der Waals surface area contributed by atoms with E-state index in [2.05, 4.69) is 11.4 Å². The number of rotatable bonds is 2. The van der Waals surface area contributed by atoms with Gasteiger partial charge in [-0.15, -0.1) is 0 Å². The molecule has 0 radical (unpaired) electrons. The fourth-order valence-electron chi connectivity index (χ4n) is 2.76. The first kappa shape index (κ1) is 12.7. The summed E-state index contributed by atoms with van der Waals surface area (Å²) in [5, 5.41) is 12.2. The van der Waals surface area contributed by atoms with E-state index in [1.165, 1.54) is 11.6 Å². The molecule has 0 aliphatic heterocycles. The molecule has 1 N–H and O–H groups in total. The van der Waals surface area contributed by atoms with Crippen LogP contribution in [0.5, 0.6) is 0 Å². The Labute approximate surface area is 117 Å². The summed E-state index contributed by atoms with van der Waals surface area (Å²) >= 11 is 0. The maximum atomic E-state index is 13.4. The van der Waals surface area contributed by atoms with Crippen LogP contribution < -0.4 is 5.32 Å². The largest absolute Gasteiger partial charge is 0.378 e. The van der Waals surface area contributed by atoms with E-state index in [9.17, 15) is 4.39 Å². The molecule has 20 heavy (non-hydrogen) atoms. The molecule has 0 heterocycles. The molecule has 2 aromatic rings. The highest BCUT2D eigenvalue weighted by atomic mass is 19.1. The quantitative estimate of drug-likeness (QED) is 0.884. The predicted octanol–water partition coefficient (Wildman–Crippen LogP) is 4.19. The zero-order valence-corrected chi connectivity index (χ0v) is 11.1. The first-order chi connectivity index (χ1) is 9.76. The normalized spacial score (nSPS) is 17.1. The molecule has 1 atom stereocenters. The number of nitrogens with one attached hydrogen (secondary N) is 1. The summed E-state index contributed by atoms with van der Waals surface area (Å²) in [5.41, 5.74) is 3.89. The lowest BCUT2D eigenvalue weighted by Crippen LogP contribution is -2.17. The van der Waals surface area contributed by atoms with Gasteiger partial charge in [0.05, 0.1) is 17.7 Å². The Kier molecular flexibility index (Phi) is 3.39. The number of aryl methyl sites for hydroxylation is 1. The Bertz CT molecular complexity index is 656. The number of nitrogens with zero attached hydrogens (tertiary/aromatic N) is 1. The summed E-state index contributed by atoms with van der Waals surface area (Å²) in [6.45, 7) is 0. The highest BCUT2D eigenvalue weighted by Crippen LogP contribution is 2.33. The Morgan fingerprint density at radius 1 is 1.15 bits per heavy atom. The SMILES string of the molecule is N#Cc1ccc(NC2CCCc3ccc(F)cc32)cc1. The molecule has 1 aliphatic rings. The lowest BCUT2D eigenvalue weighted by atomic mass is 9.87. The third-order valence-electron chi connectivity index (χ3n) is 3.78. The maximum absolute atomic E-state index is 13.4. The van der Waals surface area contributed by atoms with Gasteiger partial charge in [-0.25, -0.2) is 4.39 Å². The summed E-state index contributed by atoms with van der Waals surface area (Å²) in [6, 6.07) is 14.7. The third-order valence-corrected chi connectivity index (χ3v) is 3.78. The van der Waals surface area contributed by atoms with E-state index in [-0.39, 0.29) is 11.9 Å². The molecule has 0 saturated heterocycles. The second-order valence-electron chi connectivity index (χ2n) is 5.12. The van der Waals surface area contributed by atoms with Crippen LogP contribution in [-0.2, 0) is 6.42 Å². The zero-order valence-electron chi connectivity index (χ0n) is 11.1. The fourth-order valence-corrected chi connectivity index (χ4v) is 2.76. The summed E-state index contributed by atoms with van der Waals surface area (Å²) in [6.07, 6.45) is 3.12. The van der Waals surface area contributed by atoms with Crippen LogP contribution in [-0.4, -0.2) is 0 Å². The average molecular weight is 266 g/mol. The smallest absolute Gasteiger partial charge is 0.123 e. The Balaban J connectivity index is 1.85. The molecule has 0 saturated carbocycles. The highest BCUT2D eigenvalue weighted by Gasteiger charge is 2.20. The third kappa shape index (κ3) is 2.50. The van der Waals surface area contributed by atoms with Crippen LogP contribution in [0, 0.1) is 17.1 Å². The van der Waals surface area contributed by atoms with Gasteiger partial charge in [0.2, 0.25) is 0 Å². The monoisotopic (exact) mass is 266 g/mol. The van der Waals surface area contributed by atoms with Crippen molar-refractivity contribution in [2.24, 2.45) is 0 Å². The Hall–Kier alpha value is -2.34. The van der Waals surface area contributed by atoms with Gasteiger partial charge in [0.1, 0.15) is 5.82 Å². The van der Waals surface area contributed by atoms with Gasteiger partial charge < -0.3 is 5.32 Å². The molecular weight excluding hydrogens is 251 g/mol. The molecule has 100 valence electrons. The Morgan fingerprint density at radius 3 is 2.70 bits per heavy atom. The molecule has 3 rings (SSSR count). The maximum Gasteiger partial charge on any atom is 0.123 e. The van der Waals surface area contributed by atoms with Crippen LogP contribution in [0.3, 0.4) is 0 Å². The number of fused-ring (bicyclic) bond motifs is 1. The minimum absolute atomic E-state index is 0.141. The zero-order chi connectivity index (χ0) is 13.9. The van der Waals surface area contributed by atoms with Crippen molar-refractivity contribution in [3.05, 3.63) is 65.0 Å². The van der Waals surface area contributed by atoms with E-state index in [0.29, 0.717) is 5.56 Å². The van der Waals surface area contributed by atoms with Gasteiger partial charge in [0.15, 0.2) is 0 Å².